The van der Waals surface area contributed by atoms with Gasteiger partial charge in [0, 0.05) is 6.04 Å². The third-order valence-corrected chi connectivity index (χ3v) is 3.23. The number of benzene rings is 1. The number of nitrogens with one attached hydrogen (secondary N) is 1. The molecule has 0 aliphatic heterocycles. The molecule has 1 N–H and O–H groups in total. The highest BCUT2D eigenvalue weighted by molar-refractivity contribution is 5.97. The first kappa shape index (κ1) is 16.5. The van der Waals surface area contributed by atoms with E-state index in [2.05, 4.69) is 26.1 Å². The Morgan fingerprint density at radius 1 is 1.20 bits per heavy atom. The molecule has 0 bridgehead atoms. The number of carbonyl (C=O) groups is 1. The van der Waals surface area contributed by atoms with Gasteiger partial charge in [0.1, 0.15) is 5.75 Å². The zero-order chi connectivity index (χ0) is 15.0. The van der Waals surface area contributed by atoms with E-state index in [1.807, 2.05) is 25.1 Å². The van der Waals surface area contributed by atoms with E-state index < -0.39 is 0 Å². The smallest absolute Gasteiger partial charge is 0.255 e. The van der Waals surface area contributed by atoms with E-state index in [0.29, 0.717) is 17.9 Å². The lowest BCUT2D eigenvalue weighted by Gasteiger charge is -2.16. The van der Waals surface area contributed by atoms with Gasteiger partial charge in [-0.05, 0) is 38.3 Å². The first-order valence-electron chi connectivity index (χ1n) is 7.57. The number of rotatable bonds is 8. The van der Waals surface area contributed by atoms with Crippen LogP contribution in [0.2, 0.25) is 0 Å². The van der Waals surface area contributed by atoms with Crippen LogP contribution in [0.25, 0.3) is 0 Å². The van der Waals surface area contributed by atoms with Gasteiger partial charge < -0.3 is 10.1 Å². The van der Waals surface area contributed by atoms with Gasteiger partial charge in [0.15, 0.2) is 0 Å². The summed E-state index contributed by atoms with van der Waals surface area (Å²) in [5.74, 6) is 1.32. The maximum atomic E-state index is 12.3. The molecule has 0 unspecified atom stereocenters. The Bertz CT molecular complexity index is 415. The summed E-state index contributed by atoms with van der Waals surface area (Å²) in [4.78, 5) is 12.3. The van der Waals surface area contributed by atoms with Crippen LogP contribution < -0.4 is 10.1 Å². The van der Waals surface area contributed by atoms with Gasteiger partial charge in [0.05, 0.1) is 12.2 Å². The quantitative estimate of drug-likeness (QED) is 0.779. The Morgan fingerprint density at radius 2 is 1.90 bits per heavy atom. The number of hydrogen-bond donors (Lipinski definition) is 1. The van der Waals surface area contributed by atoms with Crippen LogP contribution in [0.4, 0.5) is 0 Å². The summed E-state index contributed by atoms with van der Waals surface area (Å²) in [6.45, 7) is 8.99. The molecule has 1 aromatic carbocycles. The Morgan fingerprint density at radius 3 is 2.55 bits per heavy atom. The highest BCUT2D eigenvalue weighted by Crippen LogP contribution is 2.18. The van der Waals surface area contributed by atoms with Gasteiger partial charge >= 0.3 is 0 Å². The van der Waals surface area contributed by atoms with Crippen LogP contribution in [-0.4, -0.2) is 18.6 Å². The standard InChI is InChI=1S/C17H27NO2/c1-5-20-16-12-7-6-11-15(16)17(19)18-14(4)10-8-9-13(2)3/h6-7,11-14H,5,8-10H2,1-4H3,(H,18,19)/t14-/m1/s1. The second kappa shape index (κ2) is 8.62. The fraction of sp³-hybridized carbons (Fsp3) is 0.588. The van der Waals surface area contributed by atoms with Crippen LogP contribution in [0.15, 0.2) is 24.3 Å². The van der Waals surface area contributed by atoms with Crippen LogP contribution in [0.1, 0.15) is 57.3 Å². The minimum atomic E-state index is -0.0499. The van der Waals surface area contributed by atoms with Crippen LogP contribution in [-0.2, 0) is 0 Å². The predicted octanol–water partition coefficient (Wildman–Crippen LogP) is 4.03. The van der Waals surface area contributed by atoms with Crippen molar-refractivity contribution in [2.75, 3.05) is 6.61 Å². The lowest BCUT2D eigenvalue weighted by molar-refractivity contribution is 0.0934. The van der Waals surface area contributed by atoms with Crippen LogP contribution in [0.5, 0.6) is 5.75 Å². The Balaban J connectivity index is 2.53. The third kappa shape index (κ3) is 5.64. The number of carbonyl (C=O) groups excluding carboxylic acids is 1. The van der Waals surface area contributed by atoms with E-state index >= 15 is 0 Å². The molecule has 3 nitrogen and oxygen atoms in total. The summed E-state index contributed by atoms with van der Waals surface area (Å²) < 4.78 is 5.49. The number of ether oxygens (including phenoxy) is 1. The highest BCUT2D eigenvalue weighted by Gasteiger charge is 2.14. The van der Waals surface area contributed by atoms with Gasteiger partial charge in [0.2, 0.25) is 0 Å². The maximum absolute atomic E-state index is 12.3. The van der Waals surface area contributed by atoms with Crippen molar-refractivity contribution in [1.29, 1.82) is 0 Å². The van der Waals surface area contributed by atoms with Crippen molar-refractivity contribution in [3.63, 3.8) is 0 Å². The average Bonchev–Trinajstić information content (AvgIpc) is 2.39. The van der Waals surface area contributed by atoms with Gasteiger partial charge in [-0.1, -0.05) is 38.8 Å². The summed E-state index contributed by atoms with van der Waals surface area (Å²) in [7, 11) is 0. The van der Waals surface area contributed by atoms with Crippen LogP contribution in [0.3, 0.4) is 0 Å². The number of hydrogen-bond acceptors (Lipinski definition) is 2. The van der Waals surface area contributed by atoms with Crippen molar-refractivity contribution < 1.29 is 9.53 Å². The topological polar surface area (TPSA) is 38.3 Å². The lowest BCUT2D eigenvalue weighted by Crippen LogP contribution is -2.32. The van der Waals surface area contributed by atoms with Crippen molar-refractivity contribution in [1.82, 2.24) is 5.32 Å². The molecule has 3 heteroatoms. The molecule has 112 valence electrons. The average molecular weight is 277 g/mol. The van der Waals surface area contributed by atoms with Gasteiger partial charge in [-0.25, -0.2) is 0 Å². The summed E-state index contributed by atoms with van der Waals surface area (Å²) >= 11 is 0. The molecular weight excluding hydrogens is 250 g/mol. The molecule has 0 fully saturated rings. The van der Waals surface area contributed by atoms with Crippen molar-refractivity contribution >= 4 is 5.91 Å². The minimum Gasteiger partial charge on any atom is -0.493 e. The van der Waals surface area contributed by atoms with Crippen molar-refractivity contribution in [3.05, 3.63) is 29.8 Å². The van der Waals surface area contributed by atoms with Gasteiger partial charge in [0.25, 0.3) is 5.91 Å². The van der Waals surface area contributed by atoms with Gasteiger partial charge in [-0.15, -0.1) is 0 Å². The van der Waals surface area contributed by atoms with E-state index in [9.17, 15) is 4.79 Å². The molecule has 1 aromatic rings. The zero-order valence-corrected chi connectivity index (χ0v) is 13.1. The van der Waals surface area contributed by atoms with Gasteiger partial charge in [-0.3, -0.25) is 4.79 Å². The van der Waals surface area contributed by atoms with E-state index in [1.165, 1.54) is 6.42 Å². The lowest BCUT2D eigenvalue weighted by atomic mass is 10.0. The predicted molar refractivity (Wildman–Crippen MR) is 83.2 cm³/mol. The minimum absolute atomic E-state index is 0.0499. The Kier molecular flexibility index (Phi) is 7.13. The second-order valence-corrected chi connectivity index (χ2v) is 5.63. The molecule has 0 saturated heterocycles. The first-order chi connectivity index (χ1) is 9.54. The molecule has 20 heavy (non-hydrogen) atoms. The summed E-state index contributed by atoms with van der Waals surface area (Å²) in [6.07, 6.45) is 3.36. The van der Waals surface area contributed by atoms with E-state index in [0.717, 1.165) is 18.8 Å². The summed E-state index contributed by atoms with van der Waals surface area (Å²) in [6, 6.07) is 7.58. The molecule has 0 aliphatic carbocycles. The van der Waals surface area contributed by atoms with Gasteiger partial charge in [-0.2, -0.15) is 0 Å². The van der Waals surface area contributed by atoms with Crippen LogP contribution >= 0.6 is 0 Å². The molecule has 0 radical (unpaired) electrons. The monoisotopic (exact) mass is 277 g/mol. The summed E-state index contributed by atoms with van der Waals surface area (Å²) in [5, 5.41) is 3.05. The SMILES string of the molecule is CCOc1ccccc1C(=O)N[C@H](C)CCCC(C)C. The second-order valence-electron chi connectivity index (χ2n) is 5.63. The number of amides is 1. The van der Waals surface area contributed by atoms with E-state index in [1.54, 1.807) is 6.07 Å². The van der Waals surface area contributed by atoms with Crippen LogP contribution in [0, 0.1) is 5.92 Å². The largest absolute Gasteiger partial charge is 0.493 e. The summed E-state index contributed by atoms with van der Waals surface area (Å²) in [5.41, 5.74) is 0.616. The Labute approximate surface area is 122 Å². The molecule has 1 rings (SSSR count). The molecule has 0 heterocycles. The molecule has 1 amide bonds. The third-order valence-electron chi connectivity index (χ3n) is 3.23. The molecular formula is C17H27NO2. The molecule has 0 spiro atoms. The van der Waals surface area contributed by atoms with E-state index in [-0.39, 0.29) is 11.9 Å². The fourth-order valence-electron chi connectivity index (χ4n) is 2.14. The number of para-hydroxylation sites is 1. The van der Waals surface area contributed by atoms with Crippen molar-refractivity contribution in [2.24, 2.45) is 5.92 Å². The van der Waals surface area contributed by atoms with Crippen molar-refractivity contribution in [2.45, 2.75) is 53.0 Å². The Hall–Kier alpha value is -1.51. The van der Waals surface area contributed by atoms with Crippen molar-refractivity contribution in [3.8, 4) is 5.75 Å². The highest BCUT2D eigenvalue weighted by atomic mass is 16.5. The fourth-order valence-corrected chi connectivity index (χ4v) is 2.14. The first-order valence-corrected chi connectivity index (χ1v) is 7.57. The molecule has 0 aliphatic rings. The maximum Gasteiger partial charge on any atom is 0.255 e. The molecule has 0 aromatic heterocycles. The zero-order valence-electron chi connectivity index (χ0n) is 13.1. The molecule has 1 atom stereocenters. The normalized spacial score (nSPS) is 12.2. The van der Waals surface area contributed by atoms with E-state index in [4.69, 9.17) is 4.74 Å². The molecule has 0 saturated carbocycles.